The number of carbonyl (C=O) groups is 1. The van der Waals surface area contributed by atoms with Crippen molar-refractivity contribution in [3.8, 4) is 0 Å². The first-order valence-corrected chi connectivity index (χ1v) is 6.63. The quantitative estimate of drug-likeness (QED) is 0.324. The molecule has 0 radical (unpaired) electrons. The second-order valence-electron chi connectivity index (χ2n) is 3.29. The molecule has 0 saturated carbocycles. The van der Waals surface area contributed by atoms with Gasteiger partial charge in [-0.25, -0.2) is 0 Å². The van der Waals surface area contributed by atoms with Crippen LogP contribution in [0.25, 0.3) is 0 Å². The Balaban J connectivity index is 3.27. The van der Waals surface area contributed by atoms with Crippen molar-refractivity contribution >= 4 is 28.6 Å². The first-order valence-electron chi connectivity index (χ1n) is 5.10. The van der Waals surface area contributed by atoms with Crippen LogP contribution in [0.5, 0.6) is 0 Å². The third-order valence-corrected chi connectivity index (χ3v) is 2.86. The van der Waals surface area contributed by atoms with E-state index in [0.717, 1.165) is 12.8 Å². The summed E-state index contributed by atoms with van der Waals surface area (Å²) in [6.07, 6.45) is 3.98. The summed E-state index contributed by atoms with van der Waals surface area (Å²) in [6, 6.07) is 0. The van der Waals surface area contributed by atoms with Crippen molar-refractivity contribution in [3.05, 3.63) is 0 Å². The van der Waals surface area contributed by atoms with Crippen LogP contribution in [0.15, 0.2) is 0 Å². The van der Waals surface area contributed by atoms with Crippen molar-refractivity contribution in [2.24, 2.45) is 0 Å². The van der Waals surface area contributed by atoms with Crippen LogP contribution in [-0.4, -0.2) is 28.2 Å². The van der Waals surface area contributed by atoms with Crippen molar-refractivity contribution in [2.45, 2.75) is 45.1 Å². The van der Waals surface area contributed by atoms with Crippen molar-refractivity contribution in [1.82, 2.24) is 0 Å². The maximum Gasteiger partial charge on any atom is 0.308 e. The molecule has 0 saturated heterocycles. The van der Waals surface area contributed by atoms with Crippen LogP contribution in [0.4, 0.5) is 0 Å². The summed E-state index contributed by atoms with van der Waals surface area (Å²) in [5, 5.41) is 9.16. The van der Waals surface area contributed by atoms with E-state index in [-0.39, 0.29) is 12.4 Å². The first kappa shape index (κ1) is 14.2. The van der Waals surface area contributed by atoms with Gasteiger partial charge in [0, 0.05) is 4.43 Å². The maximum absolute atomic E-state index is 11.1. The topological polar surface area (TPSA) is 46.5 Å². The van der Waals surface area contributed by atoms with Crippen LogP contribution in [0.3, 0.4) is 0 Å². The van der Waals surface area contributed by atoms with E-state index >= 15 is 0 Å². The third-order valence-electron chi connectivity index (χ3n) is 1.84. The fraction of sp³-hybridized carbons (Fsp3) is 0.900. The van der Waals surface area contributed by atoms with Crippen LogP contribution in [0.1, 0.15) is 39.0 Å². The molecule has 0 spiro atoms. The highest BCUT2D eigenvalue weighted by Crippen LogP contribution is 2.02. The maximum atomic E-state index is 11.1. The number of unbranched alkanes of at least 4 members (excludes halogenated alkanes) is 3. The number of alkyl halides is 1. The van der Waals surface area contributed by atoms with Crippen molar-refractivity contribution < 1.29 is 14.6 Å². The monoisotopic (exact) mass is 314 g/mol. The molecule has 0 bridgehead atoms. The highest BCUT2D eigenvalue weighted by Gasteiger charge is 2.09. The Bertz CT molecular complexity index is 150. The van der Waals surface area contributed by atoms with Gasteiger partial charge in [-0.15, -0.1) is 0 Å². The van der Waals surface area contributed by atoms with Gasteiger partial charge < -0.3 is 9.84 Å². The molecule has 0 aromatic heterocycles. The lowest BCUT2D eigenvalue weighted by atomic mass is 10.2. The van der Waals surface area contributed by atoms with Gasteiger partial charge in [-0.2, -0.15) is 0 Å². The standard InChI is InChI=1S/C10H19IO3/c1-2-3-4-5-6-14-10(13)7-9(12)8-11/h9,12H,2-8H2,1H3/t9-/m1/s1. The summed E-state index contributed by atoms with van der Waals surface area (Å²) in [5.74, 6) is -0.286. The molecular weight excluding hydrogens is 295 g/mol. The molecule has 0 rings (SSSR count). The molecule has 0 aliphatic heterocycles. The minimum atomic E-state index is -0.557. The molecule has 1 atom stereocenters. The average Bonchev–Trinajstić information content (AvgIpc) is 2.17. The predicted octanol–water partition coefficient (Wildman–Crippen LogP) is 2.30. The number of aliphatic hydroxyl groups excluding tert-OH is 1. The molecule has 0 aliphatic rings. The largest absolute Gasteiger partial charge is 0.466 e. The van der Waals surface area contributed by atoms with E-state index < -0.39 is 6.10 Å². The molecule has 0 aromatic carbocycles. The predicted molar refractivity (Wildman–Crippen MR) is 64.6 cm³/mol. The highest BCUT2D eigenvalue weighted by molar-refractivity contribution is 14.1. The van der Waals surface area contributed by atoms with E-state index in [1.807, 2.05) is 22.6 Å². The number of hydrogen-bond acceptors (Lipinski definition) is 3. The lowest BCUT2D eigenvalue weighted by molar-refractivity contribution is -0.145. The third kappa shape index (κ3) is 8.74. The van der Waals surface area contributed by atoms with Gasteiger partial charge in [-0.1, -0.05) is 48.8 Å². The minimum absolute atomic E-state index is 0.122. The van der Waals surface area contributed by atoms with Crippen LogP contribution >= 0.6 is 22.6 Å². The minimum Gasteiger partial charge on any atom is -0.466 e. The van der Waals surface area contributed by atoms with Gasteiger partial charge >= 0.3 is 5.97 Å². The Hall–Kier alpha value is 0.160. The van der Waals surface area contributed by atoms with E-state index in [4.69, 9.17) is 9.84 Å². The number of aliphatic hydroxyl groups is 1. The Kier molecular flexibility index (Phi) is 9.82. The second kappa shape index (κ2) is 9.71. The highest BCUT2D eigenvalue weighted by atomic mass is 127. The van der Waals surface area contributed by atoms with Gasteiger partial charge in [-0.05, 0) is 6.42 Å². The number of halogens is 1. The van der Waals surface area contributed by atoms with Crippen LogP contribution in [0.2, 0.25) is 0 Å². The zero-order chi connectivity index (χ0) is 10.8. The van der Waals surface area contributed by atoms with E-state index in [9.17, 15) is 4.79 Å². The van der Waals surface area contributed by atoms with Crippen LogP contribution in [0, 0.1) is 0 Å². The molecule has 84 valence electrons. The summed E-state index contributed by atoms with van der Waals surface area (Å²) in [4.78, 5) is 11.1. The van der Waals surface area contributed by atoms with Gasteiger partial charge in [0.15, 0.2) is 0 Å². The average molecular weight is 314 g/mol. The zero-order valence-corrected chi connectivity index (χ0v) is 10.8. The molecule has 0 unspecified atom stereocenters. The smallest absolute Gasteiger partial charge is 0.308 e. The van der Waals surface area contributed by atoms with Gasteiger partial charge in [0.05, 0.1) is 19.1 Å². The van der Waals surface area contributed by atoms with Crippen molar-refractivity contribution in [3.63, 3.8) is 0 Å². The molecular formula is C10H19IO3. The van der Waals surface area contributed by atoms with Crippen molar-refractivity contribution in [1.29, 1.82) is 0 Å². The summed E-state index contributed by atoms with van der Waals surface area (Å²) in [5.41, 5.74) is 0. The number of hydrogen-bond donors (Lipinski definition) is 1. The normalized spacial score (nSPS) is 12.5. The molecule has 1 N–H and O–H groups in total. The van der Waals surface area contributed by atoms with E-state index in [0.29, 0.717) is 11.0 Å². The molecule has 0 aliphatic carbocycles. The molecule has 0 amide bonds. The Labute approximate surface area is 99.4 Å². The fourth-order valence-corrected chi connectivity index (χ4v) is 1.33. The zero-order valence-electron chi connectivity index (χ0n) is 8.67. The number of rotatable bonds is 8. The van der Waals surface area contributed by atoms with Gasteiger partial charge in [0.1, 0.15) is 0 Å². The van der Waals surface area contributed by atoms with Crippen LogP contribution < -0.4 is 0 Å². The first-order chi connectivity index (χ1) is 6.70. The Morgan fingerprint density at radius 1 is 1.43 bits per heavy atom. The summed E-state index contributed by atoms with van der Waals surface area (Å²) in [6.45, 7) is 2.63. The number of carbonyl (C=O) groups excluding carboxylic acids is 1. The lowest BCUT2D eigenvalue weighted by Crippen LogP contribution is -2.17. The van der Waals surface area contributed by atoms with Gasteiger partial charge in [-0.3, -0.25) is 4.79 Å². The van der Waals surface area contributed by atoms with Crippen molar-refractivity contribution in [2.75, 3.05) is 11.0 Å². The van der Waals surface area contributed by atoms with Gasteiger partial charge in [0.25, 0.3) is 0 Å². The van der Waals surface area contributed by atoms with E-state index in [1.165, 1.54) is 12.8 Å². The summed E-state index contributed by atoms with van der Waals surface area (Å²) < 4.78 is 5.53. The van der Waals surface area contributed by atoms with Crippen LogP contribution in [-0.2, 0) is 9.53 Å². The molecule has 0 aromatic rings. The number of ether oxygens (including phenoxy) is 1. The summed E-state index contributed by atoms with van der Waals surface area (Å²) in [7, 11) is 0. The number of esters is 1. The molecule has 0 heterocycles. The Morgan fingerprint density at radius 3 is 2.71 bits per heavy atom. The molecule has 14 heavy (non-hydrogen) atoms. The van der Waals surface area contributed by atoms with E-state index in [1.54, 1.807) is 0 Å². The molecule has 0 fully saturated rings. The van der Waals surface area contributed by atoms with E-state index in [2.05, 4.69) is 6.92 Å². The lowest BCUT2D eigenvalue weighted by Gasteiger charge is -2.07. The molecule has 4 heteroatoms. The Morgan fingerprint density at radius 2 is 2.14 bits per heavy atom. The van der Waals surface area contributed by atoms with Gasteiger partial charge in [0.2, 0.25) is 0 Å². The molecule has 3 nitrogen and oxygen atoms in total. The summed E-state index contributed by atoms with van der Waals surface area (Å²) >= 11 is 2.05. The SMILES string of the molecule is CCCCCCOC(=O)C[C@@H](O)CI. The second-order valence-corrected chi connectivity index (χ2v) is 4.17. The fourth-order valence-electron chi connectivity index (χ4n) is 1.02.